The first-order valence-corrected chi connectivity index (χ1v) is 9.53. The Labute approximate surface area is 144 Å². The van der Waals surface area contributed by atoms with Crippen LogP contribution in [-0.2, 0) is 14.3 Å². The average molecular weight is 338 g/mol. The van der Waals surface area contributed by atoms with Gasteiger partial charge in [0.2, 0.25) is 0 Å². The van der Waals surface area contributed by atoms with Crippen molar-refractivity contribution >= 4 is 5.97 Å². The molecule has 0 radical (unpaired) electrons. The number of hydrogen-bond donors (Lipinski definition) is 1. The van der Waals surface area contributed by atoms with E-state index in [1.54, 1.807) is 0 Å². The minimum absolute atomic E-state index is 0.00573. The smallest absolute Gasteiger partial charge is 0.310 e. The van der Waals surface area contributed by atoms with E-state index in [4.69, 9.17) is 9.47 Å². The van der Waals surface area contributed by atoms with E-state index in [-0.39, 0.29) is 48.3 Å². The molecule has 0 amide bonds. The third kappa shape index (κ3) is 1.89. The number of carbonyl (C=O) groups is 1. The van der Waals surface area contributed by atoms with E-state index in [1.165, 1.54) is 0 Å². The van der Waals surface area contributed by atoms with Crippen molar-refractivity contribution in [2.75, 3.05) is 27.2 Å². The number of nitrogens with zero attached hydrogens (tertiary/aromatic N) is 1. The third-order valence-corrected chi connectivity index (χ3v) is 7.82. The highest BCUT2D eigenvalue weighted by Crippen LogP contribution is 2.68. The van der Waals surface area contributed by atoms with Gasteiger partial charge in [-0.3, -0.25) is 4.79 Å². The lowest BCUT2D eigenvalue weighted by atomic mass is 9.55. The summed E-state index contributed by atoms with van der Waals surface area (Å²) in [5, 5.41) is 9.47. The molecule has 2 heterocycles. The van der Waals surface area contributed by atoms with Crippen molar-refractivity contribution in [2.45, 2.75) is 52.0 Å². The molecule has 8 atom stereocenters. The second kappa shape index (κ2) is 5.18. The van der Waals surface area contributed by atoms with Crippen LogP contribution in [0.3, 0.4) is 0 Å². The molecular formula is C19H32NO4+. The topological polar surface area (TPSA) is 55.8 Å². The van der Waals surface area contributed by atoms with Crippen molar-refractivity contribution in [3.05, 3.63) is 0 Å². The molecule has 8 unspecified atom stereocenters. The monoisotopic (exact) mass is 338 g/mol. The summed E-state index contributed by atoms with van der Waals surface area (Å²) in [6, 6.07) is 0. The highest BCUT2D eigenvalue weighted by molar-refractivity contribution is 5.77. The number of esters is 1. The Balaban J connectivity index is 1.74. The minimum Gasteiger partial charge on any atom is -0.459 e. The zero-order valence-corrected chi connectivity index (χ0v) is 15.6. The molecule has 4 aliphatic rings. The average Bonchev–Trinajstić information content (AvgIpc) is 3.06. The van der Waals surface area contributed by atoms with E-state index in [1.807, 2.05) is 0 Å². The third-order valence-electron chi connectivity index (χ3n) is 7.82. The molecular weight excluding hydrogens is 306 g/mol. The van der Waals surface area contributed by atoms with Crippen molar-refractivity contribution in [1.82, 2.24) is 0 Å². The fourth-order valence-corrected chi connectivity index (χ4v) is 6.70. The van der Waals surface area contributed by atoms with Gasteiger partial charge < -0.3 is 19.1 Å². The summed E-state index contributed by atoms with van der Waals surface area (Å²) < 4.78 is 13.2. The number of likely N-dealkylation sites (N-methyl/N-ethyl adjacent to an activating group) is 1. The molecule has 0 aromatic rings. The molecule has 4 rings (SSSR count). The van der Waals surface area contributed by atoms with Gasteiger partial charge in [-0.1, -0.05) is 20.8 Å². The van der Waals surface area contributed by atoms with Crippen LogP contribution in [0.1, 0.15) is 33.6 Å². The Morgan fingerprint density at radius 3 is 2.58 bits per heavy atom. The Kier molecular flexibility index (Phi) is 3.63. The van der Waals surface area contributed by atoms with Gasteiger partial charge in [0.05, 0.1) is 26.6 Å². The molecule has 5 heteroatoms. The van der Waals surface area contributed by atoms with Crippen molar-refractivity contribution in [3.63, 3.8) is 0 Å². The molecule has 2 saturated carbocycles. The summed E-state index contributed by atoms with van der Waals surface area (Å²) in [5.74, 6) is 1.61. The minimum atomic E-state index is -0.0940. The SMILES string of the molecule is CC(C)C1C2OC(=O)C1C1CCC3C([N+](C)(C)CCO)OC2C13C. The first-order chi connectivity index (χ1) is 11.2. The van der Waals surface area contributed by atoms with Gasteiger partial charge >= 0.3 is 5.97 Å². The molecule has 0 aromatic carbocycles. The number of rotatable bonds is 4. The van der Waals surface area contributed by atoms with E-state index in [2.05, 4.69) is 34.9 Å². The van der Waals surface area contributed by atoms with Crippen molar-refractivity contribution in [2.24, 2.45) is 35.0 Å². The van der Waals surface area contributed by atoms with Crippen molar-refractivity contribution in [1.29, 1.82) is 0 Å². The van der Waals surface area contributed by atoms with Crippen molar-refractivity contribution < 1.29 is 23.9 Å². The lowest BCUT2D eigenvalue weighted by Gasteiger charge is -2.46. The van der Waals surface area contributed by atoms with E-state index in [0.29, 0.717) is 28.8 Å². The summed E-state index contributed by atoms with van der Waals surface area (Å²) in [6.07, 6.45) is 2.22. The first-order valence-electron chi connectivity index (χ1n) is 9.53. The summed E-state index contributed by atoms with van der Waals surface area (Å²) in [5.41, 5.74) is 0.0303. The lowest BCUT2D eigenvalue weighted by molar-refractivity contribution is -0.940. The van der Waals surface area contributed by atoms with Crippen LogP contribution in [0.25, 0.3) is 0 Å². The van der Waals surface area contributed by atoms with Crippen LogP contribution in [0, 0.1) is 35.0 Å². The Morgan fingerprint density at radius 1 is 1.29 bits per heavy atom. The van der Waals surface area contributed by atoms with Gasteiger partial charge in [-0.15, -0.1) is 0 Å². The number of ether oxygens (including phenoxy) is 2. The predicted octanol–water partition coefficient (Wildman–Crippen LogP) is 1.64. The highest BCUT2D eigenvalue weighted by Gasteiger charge is 2.75. The summed E-state index contributed by atoms with van der Waals surface area (Å²) in [4.78, 5) is 12.6. The second-order valence-electron chi connectivity index (χ2n) is 9.58. The number of aliphatic hydroxyl groups is 1. The number of carbonyl (C=O) groups excluding carboxylic acids is 1. The Hall–Kier alpha value is -0.650. The predicted molar refractivity (Wildman–Crippen MR) is 88.7 cm³/mol. The molecule has 1 N–H and O–H groups in total. The molecule has 4 fully saturated rings. The van der Waals surface area contributed by atoms with Gasteiger partial charge in [0.25, 0.3) is 0 Å². The van der Waals surface area contributed by atoms with E-state index >= 15 is 0 Å². The summed E-state index contributed by atoms with van der Waals surface area (Å²) in [6.45, 7) is 7.62. The first kappa shape index (κ1) is 16.8. The maximum absolute atomic E-state index is 12.6. The van der Waals surface area contributed by atoms with Crippen LogP contribution >= 0.6 is 0 Å². The van der Waals surface area contributed by atoms with Crippen LogP contribution in [-0.4, -0.2) is 61.2 Å². The van der Waals surface area contributed by atoms with Gasteiger partial charge in [-0.25, -0.2) is 0 Å². The summed E-state index contributed by atoms with van der Waals surface area (Å²) in [7, 11) is 4.30. The number of quaternary nitrogens is 1. The van der Waals surface area contributed by atoms with Gasteiger partial charge in [0, 0.05) is 17.3 Å². The largest absolute Gasteiger partial charge is 0.459 e. The van der Waals surface area contributed by atoms with Gasteiger partial charge in [0.15, 0.2) is 6.23 Å². The van der Waals surface area contributed by atoms with Gasteiger partial charge in [-0.2, -0.15) is 0 Å². The van der Waals surface area contributed by atoms with E-state index in [0.717, 1.165) is 12.8 Å². The standard InChI is InChI=1S/C19H32NO4/c1-10(2)13-14-11-6-7-12-17(20(4,5)8-9-21)24-16(19(11,12)3)15(13)23-18(14)22/h10-17,21H,6-9H2,1-5H3/q+1. The molecule has 0 spiro atoms. The normalized spacial score (nSPS) is 49.6. The lowest BCUT2D eigenvalue weighted by Crippen LogP contribution is -2.54. The van der Waals surface area contributed by atoms with E-state index in [9.17, 15) is 9.90 Å². The molecule has 5 nitrogen and oxygen atoms in total. The van der Waals surface area contributed by atoms with Crippen LogP contribution in [0.15, 0.2) is 0 Å². The van der Waals surface area contributed by atoms with Crippen LogP contribution < -0.4 is 0 Å². The number of aliphatic hydroxyl groups excluding tert-OH is 1. The van der Waals surface area contributed by atoms with Gasteiger partial charge in [-0.05, 0) is 24.7 Å². The second-order valence-corrected chi connectivity index (χ2v) is 9.58. The molecule has 24 heavy (non-hydrogen) atoms. The van der Waals surface area contributed by atoms with Crippen LogP contribution in [0.2, 0.25) is 0 Å². The van der Waals surface area contributed by atoms with E-state index < -0.39 is 0 Å². The maximum Gasteiger partial charge on any atom is 0.310 e. The number of hydrogen-bond acceptors (Lipinski definition) is 4. The molecule has 2 aliphatic carbocycles. The fraction of sp³-hybridized carbons (Fsp3) is 0.947. The van der Waals surface area contributed by atoms with Gasteiger partial charge in [0.1, 0.15) is 18.8 Å². The molecule has 0 aromatic heterocycles. The Morgan fingerprint density at radius 2 is 1.96 bits per heavy atom. The number of fused-ring (bicyclic) bond motifs is 4. The van der Waals surface area contributed by atoms with Crippen LogP contribution in [0.5, 0.6) is 0 Å². The molecule has 136 valence electrons. The Bertz CT molecular complexity index is 547. The zero-order valence-electron chi connectivity index (χ0n) is 15.6. The fourth-order valence-electron chi connectivity index (χ4n) is 6.70. The molecule has 2 aliphatic heterocycles. The maximum atomic E-state index is 12.6. The van der Waals surface area contributed by atoms with Crippen LogP contribution in [0.4, 0.5) is 0 Å². The quantitative estimate of drug-likeness (QED) is 0.625. The summed E-state index contributed by atoms with van der Waals surface area (Å²) >= 11 is 0. The molecule has 2 bridgehead atoms. The zero-order chi connectivity index (χ0) is 17.4. The van der Waals surface area contributed by atoms with Crippen molar-refractivity contribution in [3.8, 4) is 0 Å². The highest BCUT2D eigenvalue weighted by atomic mass is 16.6. The molecule has 2 saturated heterocycles.